The molecule has 0 atom stereocenters. The molecule has 1 amide bonds. The molecule has 0 saturated heterocycles. The number of nitrogens with two attached hydrogens (primary N) is 1. The van der Waals surface area contributed by atoms with Gasteiger partial charge in [-0.3, -0.25) is 9.89 Å². The number of carbonyl (C=O) groups is 1. The van der Waals surface area contributed by atoms with E-state index in [0.717, 1.165) is 33.8 Å². The molecule has 4 rings (SSSR count). The van der Waals surface area contributed by atoms with Crippen LogP contribution < -0.4 is 16.0 Å². The van der Waals surface area contributed by atoms with Crippen LogP contribution in [0.1, 0.15) is 16.1 Å². The molecule has 0 aliphatic carbocycles. The van der Waals surface area contributed by atoms with Gasteiger partial charge in [-0.25, -0.2) is 4.98 Å². The number of primary amides is 1. The summed E-state index contributed by atoms with van der Waals surface area (Å²) in [6.45, 7) is 2.00. The maximum Gasteiger partial charge on any atom is 0.248 e. The van der Waals surface area contributed by atoms with Crippen molar-refractivity contribution in [3.8, 4) is 0 Å². The van der Waals surface area contributed by atoms with E-state index in [1.807, 2.05) is 43.1 Å². The molecule has 2 heterocycles. The molecule has 8 heteroatoms. The van der Waals surface area contributed by atoms with Gasteiger partial charge in [0.05, 0.1) is 5.52 Å². The largest absolute Gasteiger partial charge is 0.366 e. The van der Waals surface area contributed by atoms with Crippen LogP contribution in [0.5, 0.6) is 0 Å². The molecular formula is C20H19N7O. The highest BCUT2D eigenvalue weighted by molar-refractivity contribution is 5.93. The van der Waals surface area contributed by atoms with Crippen molar-refractivity contribution in [2.24, 2.45) is 5.73 Å². The number of anilines is 4. The quantitative estimate of drug-likeness (QED) is 0.495. The Kier molecular flexibility index (Phi) is 4.36. The van der Waals surface area contributed by atoms with E-state index in [1.54, 1.807) is 30.5 Å². The fraction of sp³-hybridized carbons (Fsp3) is 0.100. The molecule has 0 aliphatic rings. The number of aromatic nitrogens is 4. The molecule has 0 saturated carbocycles. The fourth-order valence-electron chi connectivity index (χ4n) is 2.92. The standard InChI is InChI=1S/C20H19N7O/c1-12-16-8-7-15(11-17(16)26-25-12)27(2)18-9-10-22-20(24-18)23-14-5-3-13(4-6-14)19(21)28/h3-11H,1-2H3,(H2,21,28)(H,25,26)(H,22,23,24). The minimum atomic E-state index is -0.463. The predicted molar refractivity (Wildman–Crippen MR) is 109 cm³/mol. The van der Waals surface area contributed by atoms with Crippen LogP contribution in [-0.4, -0.2) is 33.1 Å². The minimum absolute atomic E-state index is 0.448. The van der Waals surface area contributed by atoms with E-state index in [9.17, 15) is 4.79 Å². The molecule has 28 heavy (non-hydrogen) atoms. The second-order valence-electron chi connectivity index (χ2n) is 6.41. The molecule has 0 radical (unpaired) electrons. The molecular weight excluding hydrogens is 354 g/mol. The van der Waals surface area contributed by atoms with Crippen LogP contribution in [-0.2, 0) is 0 Å². The first-order valence-corrected chi connectivity index (χ1v) is 8.69. The van der Waals surface area contributed by atoms with Crippen LogP contribution in [0, 0.1) is 6.92 Å². The molecule has 4 aromatic rings. The highest BCUT2D eigenvalue weighted by Crippen LogP contribution is 2.27. The second-order valence-corrected chi connectivity index (χ2v) is 6.41. The average molecular weight is 373 g/mol. The van der Waals surface area contributed by atoms with Crippen molar-refractivity contribution in [3.05, 3.63) is 66.0 Å². The molecule has 2 aromatic carbocycles. The summed E-state index contributed by atoms with van der Waals surface area (Å²) in [5.41, 5.74) is 9.39. The molecule has 0 fully saturated rings. The maximum absolute atomic E-state index is 11.2. The van der Waals surface area contributed by atoms with Gasteiger partial charge in [0.1, 0.15) is 5.82 Å². The van der Waals surface area contributed by atoms with Gasteiger partial charge in [0.2, 0.25) is 11.9 Å². The molecule has 140 valence electrons. The van der Waals surface area contributed by atoms with Crippen molar-refractivity contribution in [1.29, 1.82) is 0 Å². The lowest BCUT2D eigenvalue weighted by Crippen LogP contribution is -2.12. The molecule has 4 N–H and O–H groups in total. The number of carbonyl (C=O) groups excluding carboxylic acids is 1. The van der Waals surface area contributed by atoms with Gasteiger partial charge >= 0.3 is 0 Å². The number of aromatic amines is 1. The summed E-state index contributed by atoms with van der Waals surface area (Å²) >= 11 is 0. The minimum Gasteiger partial charge on any atom is -0.366 e. The van der Waals surface area contributed by atoms with Gasteiger partial charge < -0.3 is 16.0 Å². The molecule has 0 aliphatic heterocycles. The van der Waals surface area contributed by atoms with Gasteiger partial charge in [0.15, 0.2) is 0 Å². The Hall–Kier alpha value is -3.94. The normalized spacial score (nSPS) is 10.8. The third-order valence-electron chi connectivity index (χ3n) is 4.53. The predicted octanol–water partition coefficient (Wildman–Crippen LogP) is 3.27. The topological polar surface area (TPSA) is 113 Å². The highest BCUT2D eigenvalue weighted by atomic mass is 16.1. The number of nitrogens with one attached hydrogen (secondary N) is 2. The lowest BCUT2D eigenvalue weighted by Gasteiger charge is -2.19. The Labute approximate surface area is 161 Å². The van der Waals surface area contributed by atoms with Crippen LogP contribution in [0.15, 0.2) is 54.7 Å². The lowest BCUT2D eigenvalue weighted by molar-refractivity contribution is 0.100. The van der Waals surface area contributed by atoms with Crippen molar-refractivity contribution >= 4 is 40.0 Å². The highest BCUT2D eigenvalue weighted by Gasteiger charge is 2.10. The number of fused-ring (bicyclic) bond motifs is 1. The fourth-order valence-corrected chi connectivity index (χ4v) is 2.92. The average Bonchev–Trinajstić information content (AvgIpc) is 3.08. The van der Waals surface area contributed by atoms with Crippen LogP contribution >= 0.6 is 0 Å². The summed E-state index contributed by atoms with van der Waals surface area (Å²) in [5, 5.41) is 11.5. The zero-order chi connectivity index (χ0) is 19.7. The smallest absolute Gasteiger partial charge is 0.248 e. The maximum atomic E-state index is 11.2. The number of amides is 1. The molecule has 0 unspecified atom stereocenters. The number of nitrogens with zero attached hydrogens (tertiary/aromatic N) is 4. The number of H-pyrrole nitrogens is 1. The number of hydrogen-bond donors (Lipinski definition) is 3. The summed E-state index contributed by atoms with van der Waals surface area (Å²) in [5.74, 6) is 0.723. The van der Waals surface area contributed by atoms with Gasteiger partial charge in [-0.05, 0) is 55.5 Å². The number of benzene rings is 2. The Morgan fingerprint density at radius 2 is 1.93 bits per heavy atom. The van der Waals surface area contributed by atoms with Gasteiger partial charge in [0.25, 0.3) is 0 Å². The number of aryl methyl sites for hydroxylation is 1. The van der Waals surface area contributed by atoms with Crippen molar-refractivity contribution in [2.75, 3.05) is 17.3 Å². The summed E-state index contributed by atoms with van der Waals surface area (Å²) in [4.78, 5) is 22.0. The SMILES string of the molecule is Cc1[nH]nc2cc(N(C)c3ccnc(Nc4ccc(C(N)=O)cc4)n3)ccc12. The van der Waals surface area contributed by atoms with Gasteiger partial charge in [0, 0.05) is 41.3 Å². The van der Waals surface area contributed by atoms with Gasteiger partial charge in [-0.2, -0.15) is 10.1 Å². The lowest BCUT2D eigenvalue weighted by atomic mass is 10.2. The molecule has 2 aromatic heterocycles. The summed E-state index contributed by atoms with van der Waals surface area (Å²) < 4.78 is 0. The van der Waals surface area contributed by atoms with E-state index in [-0.39, 0.29) is 0 Å². The summed E-state index contributed by atoms with van der Waals surface area (Å²) in [6.07, 6.45) is 1.69. The van der Waals surface area contributed by atoms with E-state index in [4.69, 9.17) is 5.73 Å². The summed E-state index contributed by atoms with van der Waals surface area (Å²) in [6, 6.07) is 14.7. The third kappa shape index (κ3) is 3.35. The van der Waals surface area contributed by atoms with E-state index in [1.165, 1.54) is 0 Å². The van der Waals surface area contributed by atoms with Crippen molar-refractivity contribution in [3.63, 3.8) is 0 Å². The van der Waals surface area contributed by atoms with Crippen molar-refractivity contribution in [2.45, 2.75) is 6.92 Å². The Bertz CT molecular complexity index is 1150. The van der Waals surface area contributed by atoms with Crippen molar-refractivity contribution in [1.82, 2.24) is 20.2 Å². The van der Waals surface area contributed by atoms with Gasteiger partial charge in [-0.1, -0.05) is 0 Å². The van der Waals surface area contributed by atoms with Crippen LogP contribution in [0.3, 0.4) is 0 Å². The zero-order valence-corrected chi connectivity index (χ0v) is 15.5. The van der Waals surface area contributed by atoms with E-state index >= 15 is 0 Å². The van der Waals surface area contributed by atoms with Crippen LogP contribution in [0.25, 0.3) is 10.9 Å². The number of rotatable bonds is 5. The molecule has 0 spiro atoms. The molecule has 0 bridgehead atoms. The van der Waals surface area contributed by atoms with Crippen LogP contribution in [0.4, 0.5) is 23.1 Å². The zero-order valence-electron chi connectivity index (χ0n) is 15.5. The van der Waals surface area contributed by atoms with E-state index in [2.05, 4.69) is 25.5 Å². The Balaban J connectivity index is 1.57. The van der Waals surface area contributed by atoms with E-state index in [0.29, 0.717) is 11.5 Å². The van der Waals surface area contributed by atoms with Crippen LogP contribution in [0.2, 0.25) is 0 Å². The molecule has 8 nitrogen and oxygen atoms in total. The first-order valence-electron chi connectivity index (χ1n) is 8.69. The number of hydrogen-bond acceptors (Lipinski definition) is 6. The first kappa shape index (κ1) is 17.5. The van der Waals surface area contributed by atoms with Crippen molar-refractivity contribution < 1.29 is 4.79 Å². The van der Waals surface area contributed by atoms with Gasteiger partial charge in [-0.15, -0.1) is 0 Å². The first-order chi connectivity index (χ1) is 13.5. The summed E-state index contributed by atoms with van der Waals surface area (Å²) in [7, 11) is 1.94. The monoisotopic (exact) mass is 373 g/mol. The Morgan fingerprint density at radius 3 is 2.68 bits per heavy atom. The van der Waals surface area contributed by atoms with E-state index < -0.39 is 5.91 Å². The second kappa shape index (κ2) is 6.99. The Morgan fingerprint density at radius 1 is 1.14 bits per heavy atom. The third-order valence-corrected chi connectivity index (χ3v) is 4.53.